The standard InChI is InChI=1S/C36H40N6O5S/c1-25(2)46-30-11-8-27(9-12-30)24-41-16-18-42(19-17-41)35(43)34-20-28-10-13-31(21-33(28)39(34)4)47-36-37-22-29(23-38-36)40(5)48(44,45)32-14-6-26(3)7-15-32/h6-15,20-23,25H,16-19,24H2,1-5H3. The molecule has 1 aliphatic rings. The number of fused-ring (bicyclic) bond motifs is 1. The first-order chi connectivity index (χ1) is 23.0. The fourth-order valence-corrected chi connectivity index (χ4v) is 6.86. The molecule has 1 aliphatic heterocycles. The van der Waals surface area contributed by atoms with Gasteiger partial charge in [-0.25, -0.2) is 18.4 Å². The zero-order chi connectivity index (χ0) is 34.0. The molecule has 1 amide bonds. The van der Waals surface area contributed by atoms with Crippen molar-refractivity contribution in [3.8, 4) is 17.5 Å². The van der Waals surface area contributed by atoms with Gasteiger partial charge in [0.15, 0.2) is 0 Å². The first-order valence-electron chi connectivity index (χ1n) is 15.9. The highest BCUT2D eigenvalue weighted by Gasteiger charge is 2.25. The molecule has 250 valence electrons. The van der Waals surface area contributed by atoms with Crippen LogP contribution in [0.5, 0.6) is 17.5 Å². The summed E-state index contributed by atoms with van der Waals surface area (Å²) in [7, 11) is -0.439. The van der Waals surface area contributed by atoms with Gasteiger partial charge in [0.2, 0.25) is 0 Å². The Labute approximate surface area is 281 Å². The Balaban J connectivity index is 1.07. The molecule has 12 heteroatoms. The zero-order valence-corrected chi connectivity index (χ0v) is 28.6. The number of hydrogen-bond donors (Lipinski definition) is 0. The van der Waals surface area contributed by atoms with Crippen LogP contribution >= 0.6 is 0 Å². The molecule has 0 bridgehead atoms. The number of nitrogens with zero attached hydrogens (tertiary/aromatic N) is 6. The summed E-state index contributed by atoms with van der Waals surface area (Å²) in [6.45, 7) is 9.65. The van der Waals surface area contributed by atoms with Crippen LogP contribution in [0.3, 0.4) is 0 Å². The monoisotopic (exact) mass is 668 g/mol. The molecular weight excluding hydrogens is 628 g/mol. The van der Waals surface area contributed by atoms with Crippen molar-refractivity contribution in [3.05, 3.63) is 102 Å². The molecular formula is C36H40N6O5S. The summed E-state index contributed by atoms with van der Waals surface area (Å²) >= 11 is 0. The Kier molecular flexibility index (Phi) is 9.38. The average molecular weight is 669 g/mol. The molecule has 5 aromatic rings. The summed E-state index contributed by atoms with van der Waals surface area (Å²) in [6.07, 6.45) is 2.96. The Morgan fingerprint density at radius 2 is 1.54 bits per heavy atom. The van der Waals surface area contributed by atoms with Gasteiger partial charge in [0.1, 0.15) is 17.2 Å². The van der Waals surface area contributed by atoms with Gasteiger partial charge in [0.25, 0.3) is 15.9 Å². The van der Waals surface area contributed by atoms with E-state index in [2.05, 4.69) is 27.0 Å². The Hall–Kier alpha value is -4.94. The second kappa shape index (κ2) is 13.7. The molecule has 6 rings (SSSR count). The third-order valence-corrected chi connectivity index (χ3v) is 10.3. The first kappa shape index (κ1) is 33.0. The number of piperazine rings is 1. The van der Waals surface area contributed by atoms with Gasteiger partial charge >= 0.3 is 6.01 Å². The van der Waals surface area contributed by atoms with Crippen molar-refractivity contribution in [3.63, 3.8) is 0 Å². The fourth-order valence-electron chi connectivity index (χ4n) is 5.69. The van der Waals surface area contributed by atoms with Crippen molar-refractivity contribution < 1.29 is 22.7 Å². The van der Waals surface area contributed by atoms with E-state index in [1.165, 1.54) is 25.0 Å². The molecule has 0 atom stereocenters. The van der Waals surface area contributed by atoms with Crippen LogP contribution in [0.1, 0.15) is 35.5 Å². The fraction of sp³-hybridized carbons (Fsp3) is 0.306. The van der Waals surface area contributed by atoms with E-state index in [9.17, 15) is 13.2 Å². The van der Waals surface area contributed by atoms with E-state index in [1.807, 2.05) is 67.6 Å². The quantitative estimate of drug-likeness (QED) is 0.188. The number of ether oxygens (including phenoxy) is 2. The summed E-state index contributed by atoms with van der Waals surface area (Å²) in [4.78, 5) is 26.5. The minimum atomic E-state index is -3.77. The Morgan fingerprint density at radius 3 is 2.19 bits per heavy atom. The summed E-state index contributed by atoms with van der Waals surface area (Å²) in [5.41, 5.74) is 3.93. The normalized spacial score (nSPS) is 14.0. The molecule has 11 nitrogen and oxygen atoms in total. The van der Waals surface area contributed by atoms with Gasteiger partial charge in [-0.3, -0.25) is 14.0 Å². The molecule has 0 unspecified atom stereocenters. The van der Waals surface area contributed by atoms with Crippen LogP contribution in [-0.2, 0) is 23.6 Å². The molecule has 48 heavy (non-hydrogen) atoms. The second-order valence-corrected chi connectivity index (χ2v) is 14.3. The Bertz CT molecular complexity index is 2000. The van der Waals surface area contributed by atoms with Crippen LogP contribution in [0.25, 0.3) is 10.9 Å². The number of aromatic nitrogens is 3. The highest BCUT2D eigenvalue weighted by molar-refractivity contribution is 7.92. The second-order valence-electron chi connectivity index (χ2n) is 12.3. The van der Waals surface area contributed by atoms with Crippen LogP contribution < -0.4 is 13.8 Å². The van der Waals surface area contributed by atoms with Gasteiger partial charge in [0, 0.05) is 58.3 Å². The molecule has 0 spiro atoms. The number of carbonyl (C=O) groups excluding carboxylic acids is 1. The topological polar surface area (TPSA) is 110 Å². The van der Waals surface area contributed by atoms with E-state index in [0.29, 0.717) is 30.2 Å². The third-order valence-electron chi connectivity index (χ3n) is 8.46. The van der Waals surface area contributed by atoms with E-state index in [0.717, 1.165) is 46.2 Å². The van der Waals surface area contributed by atoms with Crippen molar-refractivity contribution in [1.29, 1.82) is 0 Å². The van der Waals surface area contributed by atoms with Gasteiger partial charge in [-0.2, -0.15) is 0 Å². The summed E-state index contributed by atoms with van der Waals surface area (Å²) in [6, 6.07) is 22.4. The van der Waals surface area contributed by atoms with Crippen LogP contribution in [0, 0.1) is 6.92 Å². The summed E-state index contributed by atoms with van der Waals surface area (Å²) in [5.74, 6) is 1.36. The average Bonchev–Trinajstić information content (AvgIpc) is 3.41. The number of amides is 1. The van der Waals surface area contributed by atoms with Crippen molar-refractivity contribution in [1.82, 2.24) is 24.3 Å². The van der Waals surface area contributed by atoms with E-state index >= 15 is 0 Å². The van der Waals surface area contributed by atoms with Gasteiger partial charge in [-0.15, -0.1) is 0 Å². The van der Waals surface area contributed by atoms with Gasteiger partial charge in [0.05, 0.1) is 34.6 Å². The number of rotatable bonds is 10. The zero-order valence-electron chi connectivity index (χ0n) is 27.8. The van der Waals surface area contributed by atoms with E-state index in [-0.39, 0.29) is 22.9 Å². The smallest absolute Gasteiger partial charge is 0.322 e. The molecule has 0 saturated carbocycles. The SMILES string of the molecule is Cc1ccc(S(=O)(=O)N(C)c2cnc(Oc3ccc4cc(C(=O)N5CCN(Cc6ccc(OC(C)C)cc6)CC5)n(C)c4c3)nc2)cc1. The minimum absolute atomic E-state index is 0.00497. The van der Waals surface area contributed by atoms with E-state index in [1.54, 1.807) is 30.3 Å². The molecule has 1 fully saturated rings. The lowest BCUT2D eigenvalue weighted by Gasteiger charge is -2.34. The van der Waals surface area contributed by atoms with Gasteiger partial charge in [-0.05, 0) is 68.8 Å². The first-order valence-corrected chi connectivity index (χ1v) is 17.3. The van der Waals surface area contributed by atoms with Crippen LogP contribution in [0.2, 0.25) is 0 Å². The largest absolute Gasteiger partial charge is 0.491 e. The van der Waals surface area contributed by atoms with E-state index < -0.39 is 10.0 Å². The van der Waals surface area contributed by atoms with Crippen LogP contribution in [0.4, 0.5) is 5.69 Å². The highest BCUT2D eigenvalue weighted by atomic mass is 32.2. The number of sulfonamides is 1. The number of aryl methyl sites for hydroxylation is 2. The van der Waals surface area contributed by atoms with Crippen molar-refractivity contribution in [2.75, 3.05) is 37.5 Å². The van der Waals surface area contributed by atoms with Crippen LogP contribution in [0.15, 0.2) is 90.1 Å². The lowest BCUT2D eigenvalue weighted by atomic mass is 10.2. The van der Waals surface area contributed by atoms with E-state index in [4.69, 9.17) is 9.47 Å². The maximum atomic E-state index is 13.6. The molecule has 2 aromatic heterocycles. The maximum Gasteiger partial charge on any atom is 0.322 e. The molecule has 3 aromatic carbocycles. The van der Waals surface area contributed by atoms with Crippen LogP contribution in [-0.4, -0.2) is 78.0 Å². The third kappa shape index (κ3) is 7.14. The number of hydrogen-bond acceptors (Lipinski definition) is 8. The molecule has 0 aliphatic carbocycles. The molecule has 0 radical (unpaired) electrons. The van der Waals surface area contributed by atoms with Crippen molar-refractivity contribution >= 4 is 32.5 Å². The predicted molar refractivity (Wildman–Crippen MR) is 185 cm³/mol. The molecule has 1 saturated heterocycles. The van der Waals surface area contributed by atoms with Gasteiger partial charge < -0.3 is 18.9 Å². The Morgan fingerprint density at radius 1 is 0.896 bits per heavy atom. The van der Waals surface area contributed by atoms with Crippen molar-refractivity contribution in [2.45, 2.75) is 38.3 Å². The summed E-state index contributed by atoms with van der Waals surface area (Å²) in [5, 5.41) is 0.913. The maximum absolute atomic E-state index is 13.6. The summed E-state index contributed by atoms with van der Waals surface area (Å²) < 4.78 is 40.8. The number of carbonyl (C=O) groups is 1. The molecule has 3 heterocycles. The lowest BCUT2D eigenvalue weighted by molar-refractivity contribution is 0.0619. The molecule has 0 N–H and O–H groups in total. The lowest BCUT2D eigenvalue weighted by Crippen LogP contribution is -2.48. The highest BCUT2D eigenvalue weighted by Crippen LogP contribution is 2.28. The predicted octanol–water partition coefficient (Wildman–Crippen LogP) is 5.64. The van der Waals surface area contributed by atoms with Gasteiger partial charge in [-0.1, -0.05) is 29.8 Å². The van der Waals surface area contributed by atoms with Crippen molar-refractivity contribution in [2.24, 2.45) is 7.05 Å². The number of anilines is 1. The number of benzene rings is 3. The minimum Gasteiger partial charge on any atom is -0.491 e.